The van der Waals surface area contributed by atoms with Gasteiger partial charge < -0.3 is 9.80 Å². The predicted molar refractivity (Wildman–Crippen MR) is 270 cm³/mol. The molecular formula is C58H37BN2S. The number of thiophene rings is 1. The van der Waals surface area contributed by atoms with Crippen LogP contribution >= 0.6 is 11.3 Å². The van der Waals surface area contributed by atoms with Crippen LogP contribution in [0, 0.1) is 13.8 Å². The SMILES string of the molecule is Cc1ccc2c(c1)B1c3sc4ccc(C)cc4c3N(c3cccc4c5ccccc5c5ccccc5c34)c3cccc(c31)N2c1cccc2c3ccccc3c3ccccc3c12. The van der Waals surface area contributed by atoms with Gasteiger partial charge in [-0.1, -0.05) is 157 Å². The number of hydrogen-bond donors (Lipinski definition) is 0. The van der Waals surface area contributed by atoms with E-state index in [9.17, 15) is 0 Å². The quantitative estimate of drug-likeness (QED) is 0.127. The minimum absolute atomic E-state index is 0.0522. The van der Waals surface area contributed by atoms with Crippen LogP contribution in [0.1, 0.15) is 11.1 Å². The Morgan fingerprint density at radius 3 is 1.34 bits per heavy atom. The van der Waals surface area contributed by atoms with Crippen LogP contribution in [0.5, 0.6) is 0 Å². The van der Waals surface area contributed by atoms with Crippen molar-refractivity contribution in [1.82, 2.24) is 0 Å². The summed E-state index contributed by atoms with van der Waals surface area (Å²) in [5, 5.41) is 16.7. The Kier molecular flexibility index (Phi) is 6.96. The molecule has 0 bridgehead atoms. The van der Waals surface area contributed by atoms with E-state index in [2.05, 4.69) is 212 Å². The van der Waals surface area contributed by atoms with E-state index >= 15 is 0 Å². The molecule has 3 heterocycles. The minimum Gasteiger partial charge on any atom is -0.311 e. The Morgan fingerprint density at radius 1 is 0.355 bits per heavy atom. The lowest BCUT2D eigenvalue weighted by Gasteiger charge is -2.43. The van der Waals surface area contributed by atoms with Gasteiger partial charge in [-0.3, -0.25) is 0 Å². The Morgan fingerprint density at radius 2 is 0.774 bits per heavy atom. The summed E-state index contributed by atoms with van der Waals surface area (Å²) in [6.45, 7) is 4.53. The second kappa shape index (κ2) is 12.6. The molecule has 4 heteroatoms. The van der Waals surface area contributed by atoms with Crippen molar-refractivity contribution in [2.75, 3.05) is 9.80 Å². The van der Waals surface area contributed by atoms with E-state index in [4.69, 9.17) is 0 Å². The van der Waals surface area contributed by atoms with Crippen molar-refractivity contribution in [3.8, 4) is 0 Å². The van der Waals surface area contributed by atoms with Gasteiger partial charge in [0.25, 0.3) is 6.71 Å². The van der Waals surface area contributed by atoms with Gasteiger partial charge in [-0.05, 0) is 121 Å². The Balaban J connectivity index is 1.14. The third-order valence-corrected chi connectivity index (χ3v) is 15.1. The van der Waals surface area contributed by atoms with E-state index in [-0.39, 0.29) is 6.71 Å². The predicted octanol–water partition coefficient (Wildman–Crippen LogP) is 14.5. The van der Waals surface area contributed by atoms with E-state index in [1.807, 2.05) is 11.3 Å². The number of aryl methyl sites for hydroxylation is 2. The van der Waals surface area contributed by atoms with Crippen molar-refractivity contribution in [2.45, 2.75) is 13.8 Å². The highest BCUT2D eigenvalue weighted by Gasteiger charge is 2.45. The van der Waals surface area contributed by atoms with Gasteiger partial charge in [0.2, 0.25) is 0 Å². The van der Waals surface area contributed by atoms with Crippen LogP contribution in [0.3, 0.4) is 0 Å². The summed E-state index contributed by atoms with van der Waals surface area (Å²) in [5.74, 6) is 0. The average Bonchev–Trinajstić information content (AvgIpc) is 3.69. The Labute approximate surface area is 363 Å². The molecule has 2 aliphatic rings. The fourth-order valence-corrected chi connectivity index (χ4v) is 12.7. The molecule has 0 aliphatic carbocycles. The molecule has 0 radical (unpaired) electrons. The zero-order chi connectivity index (χ0) is 40.8. The number of fused-ring (bicyclic) bond motifs is 18. The average molecular weight is 805 g/mol. The molecule has 288 valence electrons. The van der Waals surface area contributed by atoms with E-state index in [1.54, 1.807) is 0 Å². The highest BCUT2D eigenvalue weighted by molar-refractivity contribution is 7.33. The van der Waals surface area contributed by atoms with Gasteiger partial charge in [-0.15, -0.1) is 11.3 Å². The van der Waals surface area contributed by atoms with E-state index in [1.165, 1.54) is 136 Å². The van der Waals surface area contributed by atoms with Crippen molar-refractivity contribution in [2.24, 2.45) is 0 Å². The van der Waals surface area contributed by atoms with Crippen LogP contribution in [-0.4, -0.2) is 6.71 Å². The lowest BCUT2D eigenvalue weighted by atomic mass is 9.36. The van der Waals surface area contributed by atoms with Crippen LogP contribution < -0.4 is 25.5 Å². The molecule has 0 fully saturated rings. The van der Waals surface area contributed by atoms with Crippen molar-refractivity contribution < 1.29 is 0 Å². The van der Waals surface area contributed by atoms with Gasteiger partial charge in [-0.25, -0.2) is 0 Å². The number of anilines is 6. The van der Waals surface area contributed by atoms with Crippen molar-refractivity contribution in [3.05, 3.63) is 199 Å². The molecule has 0 spiro atoms. The zero-order valence-corrected chi connectivity index (χ0v) is 35.1. The van der Waals surface area contributed by atoms with E-state index < -0.39 is 0 Å². The second-order valence-corrected chi connectivity index (χ2v) is 18.4. The van der Waals surface area contributed by atoms with Crippen LogP contribution in [0.25, 0.3) is 74.7 Å². The summed E-state index contributed by atoms with van der Waals surface area (Å²) in [6.07, 6.45) is 0. The molecule has 0 amide bonds. The zero-order valence-electron chi connectivity index (χ0n) is 34.3. The molecule has 0 saturated heterocycles. The Bertz CT molecular complexity index is 3850. The molecule has 11 aromatic carbocycles. The van der Waals surface area contributed by atoms with Crippen molar-refractivity contribution >= 4 is 143 Å². The summed E-state index contributed by atoms with van der Waals surface area (Å²) in [6, 6.07) is 71.0. The van der Waals surface area contributed by atoms with Gasteiger partial charge in [0.15, 0.2) is 0 Å². The fraction of sp³-hybridized carbons (Fsp3) is 0.0345. The largest absolute Gasteiger partial charge is 0.311 e. The maximum absolute atomic E-state index is 2.65. The molecule has 0 saturated carbocycles. The van der Waals surface area contributed by atoms with Crippen molar-refractivity contribution in [3.63, 3.8) is 0 Å². The molecule has 12 aromatic rings. The third-order valence-electron chi connectivity index (χ3n) is 13.9. The molecule has 0 unspecified atom stereocenters. The summed E-state index contributed by atoms with van der Waals surface area (Å²) in [7, 11) is 0. The number of benzene rings is 11. The van der Waals surface area contributed by atoms with Gasteiger partial charge in [-0.2, -0.15) is 0 Å². The lowest BCUT2D eigenvalue weighted by molar-refractivity contribution is 1.27. The first-order chi connectivity index (χ1) is 30.6. The molecule has 2 nitrogen and oxygen atoms in total. The maximum Gasteiger partial charge on any atom is 0.264 e. The second-order valence-electron chi connectivity index (χ2n) is 17.3. The van der Waals surface area contributed by atoms with Crippen LogP contribution in [0.2, 0.25) is 0 Å². The van der Waals surface area contributed by atoms with E-state index in [0.29, 0.717) is 0 Å². The summed E-state index contributed by atoms with van der Waals surface area (Å²) in [4.78, 5) is 5.25. The summed E-state index contributed by atoms with van der Waals surface area (Å²) < 4.78 is 2.72. The first kappa shape index (κ1) is 34.3. The number of rotatable bonds is 2. The highest BCUT2D eigenvalue weighted by Crippen LogP contribution is 2.52. The third kappa shape index (κ3) is 4.49. The monoisotopic (exact) mass is 804 g/mol. The first-order valence-electron chi connectivity index (χ1n) is 21.6. The van der Waals surface area contributed by atoms with Gasteiger partial charge in [0.05, 0.1) is 17.1 Å². The van der Waals surface area contributed by atoms with Gasteiger partial charge >= 0.3 is 0 Å². The fourth-order valence-electron chi connectivity index (χ4n) is 11.4. The normalized spacial score (nSPS) is 13.2. The molecule has 1 aromatic heterocycles. The molecule has 0 N–H and O–H groups in total. The minimum atomic E-state index is 0.0522. The number of nitrogens with zero attached hydrogens (tertiary/aromatic N) is 2. The smallest absolute Gasteiger partial charge is 0.264 e. The van der Waals surface area contributed by atoms with E-state index in [0.717, 1.165) is 0 Å². The summed E-state index contributed by atoms with van der Waals surface area (Å²) >= 11 is 1.97. The van der Waals surface area contributed by atoms with Crippen LogP contribution in [0.15, 0.2) is 188 Å². The molecule has 2 aliphatic heterocycles. The number of hydrogen-bond acceptors (Lipinski definition) is 3. The lowest BCUT2D eigenvalue weighted by Crippen LogP contribution is -2.60. The Hall–Kier alpha value is -7.40. The molecular weight excluding hydrogens is 768 g/mol. The molecule has 14 rings (SSSR count). The van der Waals surface area contributed by atoms with Gasteiger partial charge in [0.1, 0.15) is 0 Å². The van der Waals surface area contributed by atoms with Crippen LogP contribution in [0.4, 0.5) is 34.1 Å². The molecule has 0 atom stereocenters. The van der Waals surface area contributed by atoms with Crippen LogP contribution in [-0.2, 0) is 0 Å². The first-order valence-corrected chi connectivity index (χ1v) is 22.4. The van der Waals surface area contributed by atoms with Gasteiger partial charge in [0, 0.05) is 42.7 Å². The van der Waals surface area contributed by atoms with Crippen molar-refractivity contribution in [1.29, 1.82) is 0 Å². The standard InChI is InChI=1S/C58H37BN2S/c1-34-29-31-53-46(32-34)57-58(62-53)59-47-33-35(2)28-30-48(47)60(49-24-11-22-44-40-16-5-3-14-36(40)38-18-7-9-20-42(38)54(44)49)51-26-13-27-52(56(51)59)61(57)50-25-12-23-45-41-17-6-4-15-37(41)39-19-8-10-21-43(39)55(45)50/h3-33H,1-2H3. The topological polar surface area (TPSA) is 6.48 Å². The maximum atomic E-state index is 2.65. The highest BCUT2D eigenvalue weighted by atomic mass is 32.1. The summed E-state index contributed by atoms with van der Waals surface area (Å²) in [5.41, 5.74) is 12.7. The molecule has 62 heavy (non-hydrogen) atoms.